The van der Waals surface area contributed by atoms with E-state index in [1.165, 1.54) is 12.1 Å². The third-order valence-corrected chi connectivity index (χ3v) is 4.85. The largest absolute Gasteiger partial charge is 0.488 e. The van der Waals surface area contributed by atoms with Gasteiger partial charge in [0.25, 0.3) is 0 Å². The van der Waals surface area contributed by atoms with Crippen LogP contribution in [0.1, 0.15) is 30.9 Å². The quantitative estimate of drug-likeness (QED) is 0.593. The fourth-order valence-electron chi connectivity index (χ4n) is 3.17. The Labute approximate surface area is 170 Å². The van der Waals surface area contributed by atoms with E-state index in [-0.39, 0.29) is 11.7 Å². The Morgan fingerprint density at radius 3 is 2.55 bits per heavy atom. The maximum atomic E-state index is 13.5. The number of aromatic nitrogens is 1. The van der Waals surface area contributed by atoms with Crippen molar-refractivity contribution in [3.8, 4) is 22.9 Å². The molecule has 1 aromatic heterocycles. The van der Waals surface area contributed by atoms with E-state index < -0.39 is 11.9 Å². The summed E-state index contributed by atoms with van der Waals surface area (Å²) in [5, 5.41) is 19.5. The molecule has 0 spiro atoms. The molecule has 0 fully saturated rings. The van der Waals surface area contributed by atoms with Crippen molar-refractivity contribution >= 4 is 0 Å². The molecule has 0 aliphatic heterocycles. The third kappa shape index (κ3) is 5.40. The normalized spacial score (nSPS) is 12.8. The highest BCUT2D eigenvalue weighted by Gasteiger charge is 2.19. The molecule has 0 bridgehead atoms. The SMILES string of the molecule is CC[C@H](Oc1ccc(-c2ccc(F)c(C#N)c2)cc1)C(O)CCc1cccnc1. The van der Waals surface area contributed by atoms with Gasteiger partial charge in [-0.2, -0.15) is 5.26 Å². The minimum atomic E-state index is -0.588. The van der Waals surface area contributed by atoms with Gasteiger partial charge in [-0.1, -0.05) is 31.2 Å². The fraction of sp³-hybridized carbons (Fsp3) is 0.250. The summed E-state index contributed by atoms with van der Waals surface area (Å²) in [4.78, 5) is 4.09. The Bertz CT molecular complexity index is 968. The Morgan fingerprint density at radius 1 is 1.14 bits per heavy atom. The van der Waals surface area contributed by atoms with Crippen LogP contribution in [0.15, 0.2) is 67.0 Å². The molecule has 4 nitrogen and oxygen atoms in total. The van der Waals surface area contributed by atoms with Gasteiger partial charge in [0.2, 0.25) is 0 Å². The van der Waals surface area contributed by atoms with E-state index in [1.54, 1.807) is 18.5 Å². The van der Waals surface area contributed by atoms with Crippen LogP contribution in [0.5, 0.6) is 5.75 Å². The summed E-state index contributed by atoms with van der Waals surface area (Å²) in [6, 6.07) is 17.6. The van der Waals surface area contributed by atoms with E-state index in [4.69, 9.17) is 10.00 Å². The topological polar surface area (TPSA) is 66.1 Å². The van der Waals surface area contributed by atoms with Gasteiger partial charge in [0.1, 0.15) is 23.7 Å². The number of nitrogens with zero attached hydrogens (tertiary/aromatic N) is 2. The van der Waals surface area contributed by atoms with Gasteiger partial charge in [-0.05, 0) is 66.3 Å². The van der Waals surface area contributed by atoms with Gasteiger partial charge in [0.15, 0.2) is 0 Å². The summed E-state index contributed by atoms with van der Waals surface area (Å²) in [5.74, 6) is 0.130. The molecule has 1 heterocycles. The van der Waals surface area contributed by atoms with Gasteiger partial charge < -0.3 is 9.84 Å². The Balaban J connectivity index is 1.63. The summed E-state index contributed by atoms with van der Waals surface area (Å²) in [7, 11) is 0. The average Bonchev–Trinajstić information content (AvgIpc) is 2.77. The van der Waals surface area contributed by atoms with Crippen molar-refractivity contribution in [3.63, 3.8) is 0 Å². The summed E-state index contributed by atoms with van der Waals surface area (Å²) in [6.07, 6.45) is 4.65. The van der Waals surface area contributed by atoms with E-state index in [1.807, 2.05) is 49.4 Å². The molecular formula is C24H23FN2O2. The predicted molar refractivity (Wildman–Crippen MR) is 110 cm³/mol. The predicted octanol–water partition coefficient (Wildman–Crippen LogP) is 4.91. The molecule has 29 heavy (non-hydrogen) atoms. The second-order valence-electron chi connectivity index (χ2n) is 6.86. The van der Waals surface area contributed by atoms with Crippen molar-refractivity contribution in [1.82, 2.24) is 4.98 Å². The summed E-state index contributed by atoms with van der Waals surface area (Å²) < 4.78 is 19.5. The van der Waals surface area contributed by atoms with Gasteiger partial charge in [0.05, 0.1) is 11.7 Å². The zero-order chi connectivity index (χ0) is 20.6. The molecule has 0 saturated carbocycles. The second kappa shape index (κ2) is 9.81. The van der Waals surface area contributed by atoms with Gasteiger partial charge >= 0.3 is 0 Å². The number of hydrogen-bond donors (Lipinski definition) is 1. The Hall–Kier alpha value is -3.23. The number of pyridine rings is 1. The molecule has 2 aromatic carbocycles. The number of aliphatic hydroxyl groups excluding tert-OH is 1. The highest BCUT2D eigenvalue weighted by atomic mass is 19.1. The lowest BCUT2D eigenvalue weighted by atomic mass is 10.0. The zero-order valence-corrected chi connectivity index (χ0v) is 16.3. The maximum Gasteiger partial charge on any atom is 0.140 e. The molecule has 3 rings (SSSR count). The molecule has 0 amide bonds. The van der Waals surface area contributed by atoms with E-state index in [0.29, 0.717) is 18.6 Å². The van der Waals surface area contributed by atoms with Crippen molar-refractivity contribution in [2.45, 2.75) is 38.4 Å². The van der Waals surface area contributed by atoms with Crippen LogP contribution in [-0.4, -0.2) is 22.3 Å². The lowest BCUT2D eigenvalue weighted by Crippen LogP contribution is -2.31. The van der Waals surface area contributed by atoms with Gasteiger partial charge in [-0.15, -0.1) is 0 Å². The van der Waals surface area contributed by atoms with Crippen LogP contribution in [0.25, 0.3) is 11.1 Å². The van der Waals surface area contributed by atoms with Gasteiger partial charge in [0, 0.05) is 12.4 Å². The van der Waals surface area contributed by atoms with E-state index >= 15 is 0 Å². The molecule has 3 aromatic rings. The minimum Gasteiger partial charge on any atom is -0.488 e. The van der Waals surface area contributed by atoms with Crippen LogP contribution in [0.3, 0.4) is 0 Å². The minimum absolute atomic E-state index is 0.0191. The highest BCUT2D eigenvalue weighted by molar-refractivity contribution is 5.66. The molecule has 5 heteroatoms. The first-order valence-corrected chi connectivity index (χ1v) is 9.64. The molecule has 0 aliphatic carbocycles. The number of ether oxygens (including phenoxy) is 1. The van der Waals surface area contributed by atoms with E-state index in [2.05, 4.69) is 4.98 Å². The Morgan fingerprint density at radius 2 is 1.90 bits per heavy atom. The molecule has 0 radical (unpaired) electrons. The van der Waals surface area contributed by atoms with Crippen molar-refractivity contribution < 1.29 is 14.2 Å². The monoisotopic (exact) mass is 390 g/mol. The van der Waals surface area contributed by atoms with Crippen LogP contribution >= 0.6 is 0 Å². The average molecular weight is 390 g/mol. The van der Waals surface area contributed by atoms with Crippen molar-refractivity contribution in [2.75, 3.05) is 0 Å². The molecule has 2 atom stereocenters. The van der Waals surface area contributed by atoms with E-state index in [0.717, 1.165) is 23.1 Å². The first-order valence-electron chi connectivity index (χ1n) is 9.64. The summed E-state index contributed by atoms with van der Waals surface area (Å²) in [6.45, 7) is 1.98. The van der Waals surface area contributed by atoms with Gasteiger partial charge in [-0.25, -0.2) is 4.39 Å². The molecular weight excluding hydrogens is 367 g/mol. The first kappa shape index (κ1) is 20.5. The zero-order valence-electron chi connectivity index (χ0n) is 16.3. The molecule has 1 N–H and O–H groups in total. The molecule has 0 saturated heterocycles. The van der Waals surface area contributed by atoms with Crippen molar-refractivity contribution in [3.05, 3.63) is 83.9 Å². The number of aryl methyl sites for hydroxylation is 1. The van der Waals surface area contributed by atoms with Crippen LogP contribution in [0, 0.1) is 17.1 Å². The number of aliphatic hydroxyl groups is 1. The van der Waals surface area contributed by atoms with Crippen LogP contribution in [-0.2, 0) is 6.42 Å². The second-order valence-corrected chi connectivity index (χ2v) is 6.86. The highest BCUT2D eigenvalue weighted by Crippen LogP contribution is 2.25. The van der Waals surface area contributed by atoms with Crippen molar-refractivity contribution in [1.29, 1.82) is 5.26 Å². The number of benzene rings is 2. The van der Waals surface area contributed by atoms with Gasteiger partial charge in [-0.3, -0.25) is 4.98 Å². The lowest BCUT2D eigenvalue weighted by molar-refractivity contribution is 0.0291. The van der Waals surface area contributed by atoms with E-state index in [9.17, 15) is 9.50 Å². The number of hydrogen-bond acceptors (Lipinski definition) is 4. The molecule has 148 valence electrons. The molecule has 1 unspecified atom stereocenters. The smallest absolute Gasteiger partial charge is 0.140 e. The summed E-state index contributed by atoms with van der Waals surface area (Å²) >= 11 is 0. The van der Waals surface area contributed by atoms with Crippen molar-refractivity contribution in [2.24, 2.45) is 0 Å². The lowest BCUT2D eigenvalue weighted by Gasteiger charge is -2.23. The fourth-order valence-corrected chi connectivity index (χ4v) is 3.17. The summed E-state index contributed by atoms with van der Waals surface area (Å²) in [5.41, 5.74) is 2.73. The van der Waals surface area contributed by atoms with Crippen LogP contribution < -0.4 is 4.74 Å². The number of rotatable bonds is 8. The maximum absolute atomic E-state index is 13.5. The number of nitriles is 1. The Kier molecular flexibility index (Phi) is 6.94. The third-order valence-electron chi connectivity index (χ3n) is 4.85. The number of halogens is 1. The van der Waals surface area contributed by atoms with Crippen LogP contribution in [0.4, 0.5) is 4.39 Å². The first-order chi connectivity index (χ1) is 14.1. The standard InChI is InChI=1S/C24H23FN2O2/c1-2-24(23(28)12-5-17-4-3-13-27-16-17)29-21-9-6-18(7-10-21)19-8-11-22(25)20(14-19)15-26/h3-4,6-11,13-14,16,23-24,28H,2,5,12H2,1H3/t23?,24-/m0/s1. The molecule has 0 aliphatic rings. The van der Waals surface area contributed by atoms with Crippen LogP contribution in [0.2, 0.25) is 0 Å².